The zero-order valence-corrected chi connectivity index (χ0v) is 11.0. The molecule has 18 heavy (non-hydrogen) atoms. The van der Waals surface area contributed by atoms with Crippen LogP contribution >= 0.6 is 0 Å². The molecule has 3 nitrogen and oxygen atoms in total. The summed E-state index contributed by atoms with van der Waals surface area (Å²) in [5, 5.41) is 0. The fourth-order valence-electron chi connectivity index (χ4n) is 0.916. The molecule has 1 rings (SSSR count). The van der Waals surface area contributed by atoms with Crippen molar-refractivity contribution in [1.29, 1.82) is 0 Å². The zero-order valence-electron chi connectivity index (χ0n) is 10.2. The lowest BCUT2D eigenvalue weighted by Crippen LogP contribution is -2.19. The average molecular weight is 278 g/mol. The van der Waals surface area contributed by atoms with E-state index in [1.54, 1.807) is 20.8 Å². The van der Waals surface area contributed by atoms with E-state index < -0.39 is 27.6 Å². The van der Waals surface area contributed by atoms with Crippen molar-refractivity contribution in [3.8, 4) is 0 Å². The molecule has 0 amide bonds. The molecule has 0 aromatic carbocycles. The summed E-state index contributed by atoms with van der Waals surface area (Å²) in [5.74, 6) is 0. The van der Waals surface area contributed by atoms with E-state index in [2.05, 4.69) is 9.38 Å². The summed E-state index contributed by atoms with van der Waals surface area (Å²) < 4.78 is 51.6. The molecule has 0 spiro atoms. The van der Waals surface area contributed by atoms with Crippen molar-refractivity contribution in [1.82, 2.24) is 4.98 Å². The van der Waals surface area contributed by atoms with Gasteiger partial charge in [-0.1, -0.05) is 0 Å². The molecule has 1 atom stereocenters. The minimum atomic E-state index is -4.45. The Kier molecular flexibility index (Phi) is 4.26. The van der Waals surface area contributed by atoms with E-state index in [9.17, 15) is 17.4 Å². The summed E-state index contributed by atoms with van der Waals surface area (Å²) in [7, 11) is -1.44. The van der Waals surface area contributed by atoms with E-state index >= 15 is 0 Å². The Morgan fingerprint density at radius 1 is 1.28 bits per heavy atom. The van der Waals surface area contributed by atoms with Crippen molar-refractivity contribution in [3.63, 3.8) is 0 Å². The maximum Gasteiger partial charge on any atom is 0.433 e. The number of rotatable bonds is 2. The van der Waals surface area contributed by atoms with E-state index in [0.29, 0.717) is 5.56 Å². The van der Waals surface area contributed by atoms with Crippen molar-refractivity contribution < 1.29 is 17.4 Å². The number of pyridine rings is 1. The molecule has 100 valence electrons. The summed E-state index contributed by atoms with van der Waals surface area (Å²) in [6.07, 6.45) is -2.15. The van der Waals surface area contributed by atoms with Gasteiger partial charge in [-0.3, -0.25) is 4.98 Å². The summed E-state index contributed by atoms with van der Waals surface area (Å²) in [4.78, 5) is 3.27. The van der Waals surface area contributed by atoms with Crippen molar-refractivity contribution >= 4 is 17.2 Å². The number of alkyl halides is 3. The molecule has 1 aromatic rings. The quantitative estimate of drug-likeness (QED) is 0.780. The van der Waals surface area contributed by atoms with Crippen molar-refractivity contribution in [2.75, 3.05) is 0 Å². The topological polar surface area (TPSA) is 42.3 Å². The summed E-state index contributed by atoms with van der Waals surface area (Å²) in [5.41, 5.74) is -0.586. The van der Waals surface area contributed by atoms with Gasteiger partial charge in [-0.15, -0.1) is 0 Å². The average Bonchev–Trinajstić information content (AvgIpc) is 2.24. The minimum absolute atomic E-state index is 0.376. The second-order valence-corrected chi connectivity index (χ2v) is 6.50. The van der Waals surface area contributed by atoms with Crippen LogP contribution in [0.4, 0.5) is 13.2 Å². The Morgan fingerprint density at radius 2 is 1.89 bits per heavy atom. The molecule has 7 heteroatoms. The number of hydrogen-bond acceptors (Lipinski definition) is 2. The molecular weight excluding hydrogens is 265 g/mol. The summed E-state index contributed by atoms with van der Waals surface area (Å²) >= 11 is 0. The third-order valence-corrected chi connectivity index (χ3v) is 3.24. The van der Waals surface area contributed by atoms with Gasteiger partial charge in [-0.2, -0.15) is 17.6 Å². The highest BCUT2D eigenvalue weighted by Crippen LogP contribution is 2.27. The molecule has 0 unspecified atom stereocenters. The number of halogens is 3. The molecular formula is C11H13F3N2OS. The standard InChI is InChI=1S/C11H13F3N2OS/c1-10(2,3)18(17)16-7-8-4-5-9(15-6-8)11(12,13)14/h4-7H,1-3H3/b16-7+/t18-/m1/s1. The Labute approximate surface area is 106 Å². The van der Waals surface area contributed by atoms with Gasteiger partial charge in [0.05, 0.1) is 4.75 Å². The van der Waals surface area contributed by atoms with Crippen LogP contribution in [0.3, 0.4) is 0 Å². The first-order valence-corrected chi connectivity index (χ1v) is 6.21. The van der Waals surface area contributed by atoms with Gasteiger partial charge in [0.25, 0.3) is 0 Å². The Bertz CT molecular complexity index is 461. The van der Waals surface area contributed by atoms with E-state index in [0.717, 1.165) is 12.3 Å². The van der Waals surface area contributed by atoms with Gasteiger partial charge in [0.2, 0.25) is 0 Å². The molecule has 1 aromatic heterocycles. The van der Waals surface area contributed by atoms with Gasteiger partial charge in [0.15, 0.2) is 0 Å². The summed E-state index contributed by atoms with van der Waals surface area (Å²) in [6.45, 7) is 5.27. The Morgan fingerprint density at radius 3 is 2.28 bits per heavy atom. The first-order valence-electron chi connectivity index (χ1n) is 5.10. The fourth-order valence-corrected chi connectivity index (χ4v) is 1.45. The predicted molar refractivity (Wildman–Crippen MR) is 64.7 cm³/mol. The summed E-state index contributed by atoms with van der Waals surface area (Å²) in [6, 6.07) is 2.10. The van der Waals surface area contributed by atoms with Crippen LogP contribution in [-0.4, -0.2) is 20.2 Å². The lowest BCUT2D eigenvalue weighted by atomic mass is 10.2. The zero-order chi connectivity index (χ0) is 14.0. The second kappa shape index (κ2) is 5.17. The largest absolute Gasteiger partial charge is 0.433 e. The molecule has 0 aliphatic carbocycles. The monoisotopic (exact) mass is 278 g/mol. The van der Waals surface area contributed by atoms with Crippen molar-refractivity contribution in [2.45, 2.75) is 31.7 Å². The normalized spacial score (nSPS) is 15.0. The SMILES string of the molecule is CC(C)(C)[S@@](=O)/N=C/c1ccc(C(F)(F)F)nc1. The Hall–Kier alpha value is -1.24. The van der Waals surface area contributed by atoms with E-state index in [1.807, 2.05) is 0 Å². The number of aromatic nitrogens is 1. The van der Waals surface area contributed by atoms with Gasteiger partial charge < -0.3 is 0 Å². The first kappa shape index (κ1) is 14.8. The molecule has 0 saturated heterocycles. The molecule has 0 fully saturated rings. The molecule has 0 aliphatic heterocycles. The highest BCUT2D eigenvalue weighted by atomic mass is 32.2. The fraction of sp³-hybridized carbons (Fsp3) is 0.455. The number of nitrogens with zero attached hydrogens (tertiary/aromatic N) is 2. The van der Waals surface area contributed by atoms with Gasteiger partial charge in [0, 0.05) is 18.0 Å². The smallest absolute Gasteiger partial charge is 0.251 e. The molecule has 0 aliphatic rings. The lowest BCUT2D eigenvalue weighted by Gasteiger charge is -2.12. The van der Waals surface area contributed by atoms with E-state index in [4.69, 9.17) is 0 Å². The van der Waals surface area contributed by atoms with Crippen LogP contribution in [0.25, 0.3) is 0 Å². The van der Waals surface area contributed by atoms with Crippen LogP contribution < -0.4 is 0 Å². The maximum absolute atomic E-state index is 12.2. The van der Waals surface area contributed by atoms with Gasteiger partial charge >= 0.3 is 6.18 Å². The highest BCUT2D eigenvalue weighted by Gasteiger charge is 2.31. The second-order valence-electron chi connectivity index (χ2n) is 4.57. The molecule has 0 bridgehead atoms. The lowest BCUT2D eigenvalue weighted by molar-refractivity contribution is -0.141. The third-order valence-electron chi connectivity index (χ3n) is 1.90. The molecule has 1 heterocycles. The first-order chi connectivity index (χ1) is 8.10. The molecule has 0 N–H and O–H groups in total. The van der Waals surface area contributed by atoms with Crippen LogP contribution in [0.15, 0.2) is 22.7 Å². The maximum atomic E-state index is 12.2. The third kappa shape index (κ3) is 4.21. The van der Waals surface area contributed by atoms with Crippen LogP contribution in [-0.2, 0) is 17.2 Å². The van der Waals surface area contributed by atoms with E-state index in [-0.39, 0.29) is 0 Å². The van der Waals surface area contributed by atoms with Gasteiger partial charge in [-0.25, -0.2) is 4.21 Å². The van der Waals surface area contributed by atoms with Gasteiger partial charge in [0.1, 0.15) is 16.7 Å². The van der Waals surface area contributed by atoms with Crippen molar-refractivity contribution in [3.05, 3.63) is 29.6 Å². The minimum Gasteiger partial charge on any atom is -0.251 e. The van der Waals surface area contributed by atoms with Crippen LogP contribution in [0, 0.1) is 0 Å². The van der Waals surface area contributed by atoms with Crippen molar-refractivity contribution in [2.24, 2.45) is 4.40 Å². The van der Waals surface area contributed by atoms with Crippen LogP contribution in [0.2, 0.25) is 0 Å². The number of hydrogen-bond donors (Lipinski definition) is 0. The predicted octanol–water partition coefficient (Wildman–Crippen LogP) is 2.98. The van der Waals surface area contributed by atoms with Crippen LogP contribution in [0.5, 0.6) is 0 Å². The molecule has 0 radical (unpaired) electrons. The van der Waals surface area contributed by atoms with Gasteiger partial charge in [-0.05, 0) is 32.9 Å². The highest BCUT2D eigenvalue weighted by molar-refractivity contribution is 7.85. The Balaban J connectivity index is 2.82. The van der Waals surface area contributed by atoms with Crippen LogP contribution in [0.1, 0.15) is 32.0 Å². The molecule has 0 saturated carbocycles. The van der Waals surface area contributed by atoms with E-state index in [1.165, 1.54) is 12.3 Å².